The van der Waals surface area contributed by atoms with E-state index >= 15 is 0 Å². The van der Waals surface area contributed by atoms with Gasteiger partial charge in [-0.3, -0.25) is 9.59 Å². The van der Waals surface area contributed by atoms with Gasteiger partial charge in [0.15, 0.2) is 11.6 Å². The Morgan fingerprint density at radius 1 is 0.972 bits per heavy atom. The van der Waals surface area contributed by atoms with Gasteiger partial charge in [-0.25, -0.2) is 13.2 Å². The van der Waals surface area contributed by atoms with Crippen molar-refractivity contribution in [2.75, 3.05) is 7.11 Å². The van der Waals surface area contributed by atoms with Gasteiger partial charge in [-0.2, -0.15) is 0 Å². The number of ether oxygens (including phenoxy) is 2. The van der Waals surface area contributed by atoms with Crippen molar-refractivity contribution in [3.05, 3.63) is 23.5 Å². The van der Waals surface area contributed by atoms with E-state index < -0.39 is 35.6 Å². The summed E-state index contributed by atoms with van der Waals surface area (Å²) in [6.45, 7) is 2.19. The van der Waals surface area contributed by atoms with Crippen LogP contribution in [0.4, 0.5) is 13.2 Å². The summed E-state index contributed by atoms with van der Waals surface area (Å²) in [6, 6.07) is 1.62. The van der Waals surface area contributed by atoms with Gasteiger partial charge in [0.1, 0.15) is 5.75 Å². The molecule has 4 aliphatic rings. The molecule has 2 N–H and O–H groups in total. The summed E-state index contributed by atoms with van der Waals surface area (Å²) >= 11 is 0. The highest BCUT2D eigenvalue weighted by Gasteiger charge is 2.53. The number of halogens is 3. The lowest BCUT2D eigenvalue weighted by molar-refractivity contribution is -0.134. The number of amides is 2. The van der Waals surface area contributed by atoms with Crippen molar-refractivity contribution < 1.29 is 32.2 Å². The summed E-state index contributed by atoms with van der Waals surface area (Å²) in [7, 11) is 1.37. The highest BCUT2D eigenvalue weighted by Crippen LogP contribution is 2.49. The molecule has 0 heterocycles. The Balaban J connectivity index is 1.30. The summed E-state index contributed by atoms with van der Waals surface area (Å²) in [5, 5.41) is 5.77. The molecule has 0 aliphatic heterocycles. The van der Waals surface area contributed by atoms with Gasteiger partial charge in [-0.1, -0.05) is 6.92 Å². The molecule has 9 heteroatoms. The molecule has 198 valence electrons. The number of nitrogens with one attached hydrogen (secondary N) is 2. The van der Waals surface area contributed by atoms with Crippen molar-refractivity contribution in [1.29, 1.82) is 0 Å². The predicted octanol–water partition coefficient (Wildman–Crippen LogP) is 4.85. The lowest BCUT2D eigenvalue weighted by Gasteiger charge is -2.38. The van der Waals surface area contributed by atoms with Crippen LogP contribution in [0.2, 0.25) is 0 Å². The molecular weight excluding hydrogens is 473 g/mol. The SMILES string of the molecule is COc1cc(F)c(O[C@H]2CC[C@H](C)CC2)cc1C(=O)N[C@@H]1[C@H]2CC[C@H](C2)[C@@H]1C(=O)NC1CC(F)(F)C1. The molecule has 0 saturated heterocycles. The van der Waals surface area contributed by atoms with E-state index in [0.29, 0.717) is 5.92 Å². The number of hydrogen-bond acceptors (Lipinski definition) is 4. The number of rotatable bonds is 7. The first kappa shape index (κ1) is 25.2. The van der Waals surface area contributed by atoms with E-state index in [-0.39, 0.29) is 53.8 Å². The second-order valence-electron chi connectivity index (χ2n) is 11.3. The zero-order chi connectivity index (χ0) is 25.6. The van der Waals surface area contributed by atoms with Crippen LogP contribution in [0.25, 0.3) is 0 Å². The highest BCUT2D eigenvalue weighted by molar-refractivity contribution is 5.98. The molecule has 4 fully saturated rings. The maximum Gasteiger partial charge on any atom is 0.255 e. The van der Waals surface area contributed by atoms with Crippen LogP contribution in [0.1, 0.15) is 75.1 Å². The van der Waals surface area contributed by atoms with Crippen LogP contribution in [0, 0.1) is 29.5 Å². The molecule has 1 aromatic carbocycles. The fraction of sp³-hybridized carbons (Fsp3) is 0.704. The standard InChI is InChI=1S/C27H35F3N2O4/c1-14-3-7-18(8-4-14)36-22-10-19(21(35-2)11-20(22)28)25(33)32-24-16-6-5-15(9-16)23(24)26(34)31-17-12-27(29,30)13-17/h10-11,14-18,23-24H,3-9,12-13H2,1-2H3,(H,31,34)(H,32,33)/t14-,15-,16+,18-,23+,24-/m1/s1. The van der Waals surface area contributed by atoms with Gasteiger partial charge in [-0.15, -0.1) is 0 Å². The topological polar surface area (TPSA) is 76.7 Å². The number of benzene rings is 1. The van der Waals surface area contributed by atoms with Crippen molar-refractivity contribution in [1.82, 2.24) is 10.6 Å². The van der Waals surface area contributed by atoms with E-state index in [2.05, 4.69) is 17.6 Å². The zero-order valence-electron chi connectivity index (χ0n) is 20.8. The molecule has 0 aromatic heterocycles. The molecule has 0 radical (unpaired) electrons. The first-order valence-corrected chi connectivity index (χ1v) is 13.2. The fourth-order valence-corrected chi connectivity index (χ4v) is 6.66. The number of carbonyl (C=O) groups is 2. The van der Waals surface area contributed by atoms with Crippen LogP contribution in [0.3, 0.4) is 0 Å². The second-order valence-corrected chi connectivity index (χ2v) is 11.3. The van der Waals surface area contributed by atoms with Crippen molar-refractivity contribution in [3.8, 4) is 11.5 Å². The van der Waals surface area contributed by atoms with Gasteiger partial charge in [0.2, 0.25) is 5.91 Å². The second kappa shape index (κ2) is 9.78. The molecule has 4 saturated carbocycles. The summed E-state index contributed by atoms with van der Waals surface area (Å²) < 4.78 is 52.5. The Morgan fingerprint density at radius 2 is 1.67 bits per heavy atom. The molecule has 0 spiro atoms. The van der Waals surface area contributed by atoms with E-state index in [1.165, 1.54) is 13.2 Å². The Kier molecular flexibility index (Phi) is 6.85. The summed E-state index contributed by atoms with van der Waals surface area (Å²) in [5.74, 6) is -3.50. The Hall–Kier alpha value is -2.45. The lowest BCUT2D eigenvalue weighted by atomic mass is 9.82. The average molecular weight is 509 g/mol. The molecule has 2 amide bonds. The smallest absolute Gasteiger partial charge is 0.255 e. The van der Waals surface area contributed by atoms with Crippen LogP contribution in [-0.2, 0) is 4.79 Å². The third kappa shape index (κ3) is 5.02. The molecular formula is C27H35F3N2O4. The summed E-state index contributed by atoms with van der Waals surface area (Å²) in [5.41, 5.74) is 0.152. The molecule has 4 aliphatic carbocycles. The van der Waals surface area contributed by atoms with Crippen LogP contribution >= 0.6 is 0 Å². The zero-order valence-corrected chi connectivity index (χ0v) is 20.8. The van der Waals surface area contributed by atoms with E-state index in [0.717, 1.165) is 51.0 Å². The van der Waals surface area contributed by atoms with Crippen molar-refractivity contribution >= 4 is 11.8 Å². The van der Waals surface area contributed by atoms with Crippen LogP contribution in [0.5, 0.6) is 11.5 Å². The molecule has 0 unspecified atom stereocenters. The number of alkyl halides is 2. The summed E-state index contributed by atoms with van der Waals surface area (Å²) in [4.78, 5) is 26.4. The number of fused-ring (bicyclic) bond motifs is 2. The quantitative estimate of drug-likeness (QED) is 0.552. The van der Waals surface area contributed by atoms with Gasteiger partial charge in [-0.05, 0) is 68.8 Å². The average Bonchev–Trinajstić information content (AvgIpc) is 3.42. The predicted molar refractivity (Wildman–Crippen MR) is 127 cm³/mol. The number of hydrogen-bond donors (Lipinski definition) is 2. The van der Waals surface area contributed by atoms with Gasteiger partial charge in [0.05, 0.1) is 24.7 Å². The van der Waals surface area contributed by atoms with E-state index in [4.69, 9.17) is 9.47 Å². The maximum absolute atomic E-state index is 14.8. The van der Waals surface area contributed by atoms with Gasteiger partial charge in [0.25, 0.3) is 11.8 Å². The Morgan fingerprint density at radius 3 is 2.33 bits per heavy atom. The van der Waals surface area contributed by atoms with Crippen LogP contribution in [0.15, 0.2) is 12.1 Å². The number of carbonyl (C=O) groups excluding carboxylic acids is 2. The van der Waals surface area contributed by atoms with Crippen LogP contribution in [-0.4, -0.2) is 43.0 Å². The fourth-order valence-electron chi connectivity index (χ4n) is 6.66. The Labute approximate surface area is 209 Å². The molecule has 2 bridgehead atoms. The molecule has 5 rings (SSSR count). The minimum absolute atomic E-state index is 0.0219. The molecule has 1 aromatic rings. The van der Waals surface area contributed by atoms with E-state index in [1.54, 1.807) is 0 Å². The molecule has 4 atom stereocenters. The highest BCUT2D eigenvalue weighted by atomic mass is 19.3. The van der Waals surface area contributed by atoms with Crippen LogP contribution < -0.4 is 20.1 Å². The first-order chi connectivity index (χ1) is 17.1. The Bertz CT molecular complexity index is 1000. The van der Waals surface area contributed by atoms with Crippen molar-refractivity contribution in [2.45, 2.75) is 88.8 Å². The maximum atomic E-state index is 14.8. The third-order valence-corrected chi connectivity index (χ3v) is 8.71. The molecule has 36 heavy (non-hydrogen) atoms. The van der Waals surface area contributed by atoms with E-state index in [1.807, 2.05) is 0 Å². The molecule has 6 nitrogen and oxygen atoms in total. The largest absolute Gasteiger partial charge is 0.496 e. The van der Waals surface area contributed by atoms with Gasteiger partial charge < -0.3 is 20.1 Å². The normalized spacial score (nSPS) is 33.0. The van der Waals surface area contributed by atoms with E-state index in [9.17, 15) is 22.8 Å². The van der Waals surface area contributed by atoms with Crippen molar-refractivity contribution in [2.24, 2.45) is 23.7 Å². The minimum Gasteiger partial charge on any atom is -0.496 e. The lowest BCUT2D eigenvalue weighted by Crippen LogP contribution is -2.56. The number of methoxy groups -OCH3 is 1. The minimum atomic E-state index is -2.71. The monoisotopic (exact) mass is 508 g/mol. The van der Waals surface area contributed by atoms with Gasteiger partial charge in [0, 0.05) is 31.0 Å². The van der Waals surface area contributed by atoms with Gasteiger partial charge >= 0.3 is 0 Å². The third-order valence-electron chi connectivity index (χ3n) is 8.71. The summed E-state index contributed by atoms with van der Waals surface area (Å²) in [6.07, 6.45) is 5.52. The van der Waals surface area contributed by atoms with Crippen molar-refractivity contribution in [3.63, 3.8) is 0 Å². The first-order valence-electron chi connectivity index (χ1n) is 13.2.